The Morgan fingerprint density at radius 1 is 1.10 bits per heavy atom. The first-order valence-corrected chi connectivity index (χ1v) is 7.29. The van der Waals surface area contributed by atoms with Gasteiger partial charge in [0.25, 0.3) is 0 Å². The SMILES string of the molecule is C#C.C#CCC1CCCCCC1.O=C(O)c1ccccc1. The topological polar surface area (TPSA) is 37.3 Å². The molecule has 0 aliphatic heterocycles. The molecule has 0 amide bonds. The molecule has 0 spiro atoms. The number of benzene rings is 1. The van der Waals surface area contributed by atoms with Crippen LogP contribution in [0.5, 0.6) is 0 Å². The van der Waals surface area contributed by atoms with Gasteiger partial charge in [-0.05, 0) is 30.9 Å². The van der Waals surface area contributed by atoms with Gasteiger partial charge in [0.15, 0.2) is 0 Å². The molecule has 1 aromatic rings. The summed E-state index contributed by atoms with van der Waals surface area (Å²) in [7, 11) is 0. The summed E-state index contributed by atoms with van der Waals surface area (Å²) in [5.74, 6) is 2.74. The fraction of sp³-hybridized carbons (Fsp3) is 0.421. The predicted molar refractivity (Wildman–Crippen MR) is 87.9 cm³/mol. The average Bonchev–Trinajstić information content (AvgIpc) is 2.80. The Morgan fingerprint density at radius 2 is 1.62 bits per heavy atom. The quantitative estimate of drug-likeness (QED) is 0.636. The van der Waals surface area contributed by atoms with Gasteiger partial charge in [-0.25, -0.2) is 4.79 Å². The van der Waals surface area contributed by atoms with Crippen molar-refractivity contribution in [1.29, 1.82) is 0 Å². The summed E-state index contributed by atoms with van der Waals surface area (Å²) in [6, 6.07) is 8.30. The lowest BCUT2D eigenvalue weighted by atomic mass is 9.97. The maximum atomic E-state index is 10.2. The Morgan fingerprint density at radius 3 is 2.00 bits per heavy atom. The standard InChI is InChI=1S/C10H16.C7H6O2.C2H2/c1-2-7-10-8-5-3-4-6-9-10;8-7(9)6-4-2-1-3-5-6;1-2/h1,10H,3-9H2;1-5H,(H,8,9);1-2H. The first kappa shape index (κ1) is 18.8. The molecule has 1 fully saturated rings. The van der Waals surface area contributed by atoms with Crippen LogP contribution in [0, 0.1) is 31.1 Å². The van der Waals surface area contributed by atoms with Crippen molar-refractivity contribution in [3.8, 4) is 25.2 Å². The highest BCUT2D eigenvalue weighted by Crippen LogP contribution is 2.24. The largest absolute Gasteiger partial charge is 0.478 e. The molecule has 0 aromatic heterocycles. The molecular weight excluding hydrogens is 260 g/mol. The molecule has 0 radical (unpaired) electrons. The first-order chi connectivity index (χ1) is 10.2. The monoisotopic (exact) mass is 284 g/mol. The van der Waals surface area contributed by atoms with Gasteiger partial charge in [0.2, 0.25) is 0 Å². The van der Waals surface area contributed by atoms with E-state index >= 15 is 0 Å². The van der Waals surface area contributed by atoms with E-state index in [1.165, 1.54) is 38.5 Å². The Bertz CT molecular complexity index is 432. The van der Waals surface area contributed by atoms with E-state index in [-0.39, 0.29) is 0 Å². The highest BCUT2D eigenvalue weighted by atomic mass is 16.4. The molecule has 2 rings (SSSR count). The number of carbonyl (C=O) groups is 1. The minimum absolute atomic E-state index is 0.331. The van der Waals surface area contributed by atoms with E-state index in [0.29, 0.717) is 5.56 Å². The van der Waals surface area contributed by atoms with Gasteiger partial charge in [-0.2, -0.15) is 0 Å². The van der Waals surface area contributed by atoms with Crippen LogP contribution in [-0.2, 0) is 0 Å². The second kappa shape index (κ2) is 12.8. The van der Waals surface area contributed by atoms with E-state index in [1.807, 2.05) is 0 Å². The fourth-order valence-electron chi connectivity index (χ4n) is 2.32. The molecule has 0 saturated heterocycles. The fourth-order valence-corrected chi connectivity index (χ4v) is 2.32. The zero-order valence-corrected chi connectivity index (χ0v) is 12.5. The Kier molecular flexibility index (Phi) is 11.5. The summed E-state index contributed by atoms with van der Waals surface area (Å²) in [6.45, 7) is 0. The van der Waals surface area contributed by atoms with E-state index in [2.05, 4.69) is 18.8 Å². The minimum Gasteiger partial charge on any atom is -0.478 e. The molecule has 2 heteroatoms. The van der Waals surface area contributed by atoms with Crippen molar-refractivity contribution >= 4 is 5.97 Å². The maximum Gasteiger partial charge on any atom is 0.335 e. The Labute approximate surface area is 128 Å². The van der Waals surface area contributed by atoms with E-state index in [4.69, 9.17) is 11.5 Å². The summed E-state index contributed by atoms with van der Waals surface area (Å²) in [4.78, 5) is 10.2. The van der Waals surface area contributed by atoms with Gasteiger partial charge in [-0.3, -0.25) is 0 Å². The van der Waals surface area contributed by atoms with E-state index in [1.54, 1.807) is 30.3 Å². The molecule has 0 heterocycles. The third kappa shape index (κ3) is 9.36. The van der Waals surface area contributed by atoms with E-state index < -0.39 is 5.97 Å². The van der Waals surface area contributed by atoms with Gasteiger partial charge in [0.05, 0.1) is 5.56 Å². The molecule has 0 unspecified atom stereocenters. The van der Waals surface area contributed by atoms with Crippen LogP contribution in [0.25, 0.3) is 0 Å². The number of hydrogen-bond acceptors (Lipinski definition) is 1. The van der Waals surface area contributed by atoms with Crippen LogP contribution < -0.4 is 0 Å². The molecule has 2 nitrogen and oxygen atoms in total. The number of terminal acetylenes is 2. The van der Waals surface area contributed by atoms with Crippen LogP contribution in [-0.4, -0.2) is 11.1 Å². The number of carboxylic acids is 1. The first-order valence-electron chi connectivity index (χ1n) is 7.29. The second-order valence-corrected chi connectivity index (χ2v) is 4.94. The number of rotatable bonds is 2. The van der Waals surface area contributed by atoms with Crippen LogP contribution in [0.2, 0.25) is 0 Å². The third-order valence-electron chi connectivity index (χ3n) is 3.40. The molecule has 1 aliphatic carbocycles. The van der Waals surface area contributed by atoms with Crippen LogP contribution in [0.3, 0.4) is 0 Å². The molecule has 1 aliphatic rings. The van der Waals surface area contributed by atoms with Crippen molar-refractivity contribution in [2.24, 2.45) is 5.92 Å². The van der Waals surface area contributed by atoms with Gasteiger partial charge < -0.3 is 5.11 Å². The van der Waals surface area contributed by atoms with Gasteiger partial charge >= 0.3 is 5.97 Å². The highest BCUT2D eigenvalue weighted by molar-refractivity contribution is 5.87. The number of hydrogen-bond donors (Lipinski definition) is 1. The summed E-state index contributed by atoms with van der Waals surface area (Å²) in [6.07, 6.45) is 22.7. The molecular formula is C19H24O2. The van der Waals surface area contributed by atoms with Crippen molar-refractivity contribution in [2.75, 3.05) is 0 Å². The zero-order chi connectivity index (χ0) is 15.9. The van der Waals surface area contributed by atoms with Crippen molar-refractivity contribution in [3.05, 3.63) is 35.9 Å². The van der Waals surface area contributed by atoms with Crippen LogP contribution in [0.15, 0.2) is 30.3 Å². The van der Waals surface area contributed by atoms with E-state index in [9.17, 15) is 4.79 Å². The molecule has 1 aromatic carbocycles. The van der Waals surface area contributed by atoms with Gasteiger partial charge in [0.1, 0.15) is 0 Å². The number of aromatic carboxylic acids is 1. The van der Waals surface area contributed by atoms with Crippen LogP contribution in [0.4, 0.5) is 0 Å². The van der Waals surface area contributed by atoms with Gasteiger partial charge in [-0.15, -0.1) is 25.2 Å². The molecule has 0 atom stereocenters. The maximum absolute atomic E-state index is 10.2. The normalized spacial score (nSPS) is 14.1. The summed E-state index contributed by atoms with van der Waals surface area (Å²) < 4.78 is 0. The number of carboxylic acid groups (broad SMARTS) is 1. The smallest absolute Gasteiger partial charge is 0.335 e. The summed E-state index contributed by atoms with van der Waals surface area (Å²) in [5.41, 5.74) is 0.331. The van der Waals surface area contributed by atoms with Crippen molar-refractivity contribution in [1.82, 2.24) is 0 Å². The molecule has 112 valence electrons. The minimum atomic E-state index is -0.879. The van der Waals surface area contributed by atoms with Crippen LogP contribution in [0.1, 0.15) is 55.3 Å². The highest BCUT2D eigenvalue weighted by Gasteiger charge is 2.09. The second-order valence-electron chi connectivity index (χ2n) is 4.94. The average molecular weight is 284 g/mol. The van der Waals surface area contributed by atoms with Crippen LogP contribution >= 0.6 is 0 Å². The predicted octanol–water partition coefficient (Wildman–Crippen LogP) is 4.61. The Balaban J connectivity index is 0.000000342. The lowest BCUT2D eigenvalue weighted by Crippen LogP contribution is -1.95. The molecule has 21 heavy (non-hydrogen) atoms. The third-order valence-corrected chi connectivity index (χ3v) is 3.40. The lowest BCUT2D eigenvalue weighted by Gasteiger charge is -2.08. The van der Waals surface area contributed by atoms with Crippen molar-refractivity contribution in [3.63, 3.8) is 0 Å². The van der Waals surface area contributed by atoms with Crippen molar-refractivity contribution < 1.29 is 9.90 Å². The van der Waals surface area contributed by atoms with Gasteiger partial charge in [0, 0.05) is 6.42 Å². The molecule has 0 bridgehead atoms. The zero-order valence-electron chi connectivity index (χ0n) is 12.5. The summed E-state index contributed by atoms with van der Waals surface area (Å²) in [5, 5.41) is 8.38. The molecule has 1 saturated carbocycles. The van der Waals surface area contributed by atoms with Crippen molar-refractivity contribution in [2.45, 2.75) is 44.9 Å². The lowest BCUT2D eigenvalue weighted by molar-refractivity contribution is 0.0697. The Hall–Kier alpha value is -2.19. The summed E-state index contributed by atoms with van der Waals surface area (Å²) >= 11 is 0. The van der Waals surface area contributed by atoms with Gasteiger partial charge in [-0.1, -0.05) is 43.9 Å². The molecule has 1 N–H and O–H groups in total. The van der Waals surface area contributed by atoms with E-state index in [0.717, 1.165) is 12.3 Å².